The highest BCUT2D eigenvalue weighted by Gasteiger charge is 2.36. The summed E-state index contributed by atoms with van der Waals surface area (Å²) in [6.07, 6.45) is 1.34. The first-order valence-corrected chi connectivity index (χ1v) is 8.95. The Bertz CT molecular complexity index is 1040. The summed E-state index contributed by atoms with van der Waals surface area (Å²) >= 11 is 2.00. The summed E-state index contributed by atoms with van der Waals surface area (Å²) in [4.78, 5) is 37.8. The Kier molecular flexibility index (Phi) is 5.70. The van der Waals surface area contributed by atoms with Crippen LogP contribution >= 0.6 is 22.6 Å². The zero-order valence-electron chi connectivity index (χ0n) is 14.1. The smallest absolute Gasteiger partial charge is 0.335 e. The van der Waals surface area contributed by atoms with Crippen molar-refractivity contribution in [2.75, 3.05) is 11.5 Å². The first-order valence-electron chi connectivity index (χ1n) is 7.87. The number of imide groups is 2. The van der Waals surface area contributed by atoms with Gasteiger partial charge in [0.05, 0.1) is 9.26 Å². The fourth-order valence-corrected chi connectivity index (χ4v) is 3.18. The largest absolute Gasteiger partial charge is 0.478 e. The van der Waals surface area contributed by atoms with Crippen LogP contribution in [0.1, 0.15) is 5.56 Å². The van der Waals surface area contributed by atoms with Crippen molar-refractivity contribution in [1.82, 2.24) is 5.32 Å². The highest BCUT2D eigenvalue weighted by Crippen LogP contribution is 2.25. The van der Waals surface area contributed by atoms with E-state index in [1.54, 1.807) is 18.2 Å². The van der Waals surface area contributed by atoms with Crippen LogP contribution in [0.4, 0.5) is 14.9 Å². The van der Waals surface area contributed by atoms with Crippen molar-refractivity contribution in [3.63, 3.8) is 0 Å². The number of ether oxygens (including phenoxy) is 1. The van der Waals surface area contributed by atoms with Crippen molar-refractivity contribution >= 4 is 52.2 Å². The molecule has 28 heavy (non-hydrogen) atoms. The van der Waals surface area contributed by atoms with E-state index in [2.05, 4.69) is 5.32 Å². The number of amides is 4. The van der Waals surface area contributed by atoms with Crippen molar-refractivity contribution < 1.29 is 23.5 Å². The standard InChI is InChI=1S/C19H11FIN3O4/c20-12-2-4-13(5-3-12)24-18(26)14(17(25)23-19(24)27)9-11-1-6-16(15(21)10-11)28-8-7-22/h1-6,9-10H,8H2,(H,23,25,27)/b14-9+. The Morgan fingerprint density at radius 2 is 1.89 bits per heavy atom. The van der Waals surface area contributed by atoms with Crippen molar-refractivity contribution in [3.05, 3.63) is 63.0 Å². The summed E-state index contributed by atoms with van der Waals surface area (Å²) in [5.74, 6) is -1.67. The Balaban J connectivity index is 1.94. The van der Waals surface area contributed by atoms with E-state index >= 15 is 0 Å². The van der Waals surface area contributed by atoms with Crippen molar-refractivity contribution in [2.24, 2.45) is 0 Å². The molecule has 0 aliphatic carbocycles. The number of carbonyl (C=O) groups is 3. The minimum Gasteiger partial charge on any atom is -0.478 e. The van der Waals surface area contributed by atoms with Gasteiger partial charge >= 0.3 is 6.03 Å². The lowest BCUT2D eigenvalue weighted by molar-refractivity contribution is -0.122. The lowest BCUT2D eigenvalue weighted by Gasteiger charge is -2.26. The summed E-state index contributed by atoms with van der Waals surface area (Å²) in [5.41, 5.74) is 0.420. The number of carbonyl (C=O) groups excluding carboxylic acids is 3. The van der Waals surface area contributed by atoms with Gasteiger partial charge in [0.2, 0.25) is 0 Å². The number of nitrogens with one attached hydrogen (secondary N) is 1. The molecule has 2 aromatic carbocycles. The number of benzene rings is 2. The number of barbiturate groups is 1. The number of hydrogen-bond donors (Lipinski definition) is 1. The van der Waals surface area contributed by atoms with Crippen LogP contribution < -0.4 is 15.0 Å². The number of hydrogen-bond acceptors (Lipinski definition) is 5. The van der Waals surface area contributed by atoms with Gasteiger partial charge in [-0.25, -0.2) is 14.1 Å². The topological polar surface area (TPSA) is 99.5 Å². The van der Waals surface area contributed by atoms with Gasteiger partial charge in [0, 0.05) is 0 Å². The van der Waals surface area contributed by atoms with E-state index < -0.39 is 23.7 Å². The molecule has 140 valence electrons. The third-order valence-corrected chi connectivity index (χ3v) is 4.59. The van der Waals surface area contributed by atoms with Gasteiger partial charge in [-0.15, -0.1) is 0 Å². The summed E-state index contributed by atoms with van der Waals surface area (Å²) in [5, 5.41) is 10.7. The minimum atomic E-state index is -0.909. The van der Waals surface area contributed by atoms with Crippen molar-refractivity contribution in [3.8, 4) is 11.8 Å². The maximum atomic E-state index is 13.1. The predicted octanol–water partition coefficient (Wildman–Crippen LogP) is 3.00. The van der Waals surface area contributed by atoms with Crippen LogP contribution in [0.15, 0.2) is 48.0 Å². The molecule has 0 aromatic heterocycles. The maximum absolute atomic E-state index is 13.1. The lowest BCUT2D eigenvalue weighted by Crippen LogP contribution is -2.54. The molecule has 3 rings (SSSR count). The second-order valence-electron chi connectivity index (χ2n) is 5.57. The average Bonchev–Trinajstić information content (AvgIpc) is 2.66. The van der Waals surface area contributed by atoms with Crippen molar-refractivity contribution in [1.29, 1.82) is 5.26 Å². The molecule has 1 N–H and O–H groups in total. The molecule has 0 unspecified atom stereocenters. The van der Waals surface area contributed by atoms with Crippen molar-refractivity contribution in [2.45, 2.75) is 0 Å². The molecule has 1 aliphatic heterocycles. The van der Waals surface area contributed by atoms with Crippen LogP contribution in [0.3, 0.4) is 0 Å². The lowest BCUT2D eigenvalue weighted by atomic mass is 10.1. The van der Waals surface area contributed by atoms with Crippen LogP contribution in [0.5, 0.6) is 5.75 Å². The Morgan fingerprint density at radius 3 is 2.54 bits per heavy atom. The van der Waals surface area contributed by atoms with Gasteiger partial charge in [-0.2, -0.15) is 5.26 Å². The molecule has 1 fully saturated rings. The van der Waals surface area contributed by atoms with Gasteiger partial charge < -0.3 is 4.74 Å². The number of nitriles is 1. The second kappa shape index (κ2) is 8.18. The highest BCUT2D eigenvalue weighted by atomic mass is 127. The van der Waals surface area contributed by atoms with Crippen LogP contribution in [0, 0.1) is 20.7 Å². The number of anilines is 1. The molecule has 4 amide bonds. The zero-order chi connectivity index (χ0) is 20.3. The van der Waals surface area contributed by atoms with Gasteiger partial charge in [0.25, 0.3) is 11.8 Å². The molecular weight excluding hydrogens is 480 g/mol. The molecule has 1 heterocycles. The predicted molar refractivity (Wildman–Crippen MR) is 106 cm³/mol. The van der Waals surface area contributed by atoms with Crippen LogP contribution in [0.25, 0.3) is 6.08 Å². The van der Waals surface area contributed by atoms with E-state index in [1.807, 2.05) is 28.7 Å². The number of rotatable bonds is 4. The molecule has 0 atom stereocenters. The molecule has 0 spiro atoms. The van der Waals surface area contributed by atoms with E-state index in [-0.39, 0.29) is 17.9 Å². The van der Waals surface area contributed by atoms with E-state index in [0.29, 0.717) is 14.9 Å². The van der Waals surface area contributed by atoms with Gasteiger partial charge in [0.1, 0.15) is 23.2 Å². The normalized spacial score (nSPS) is 15.4. The Labute approximate surface area is 172 Å². The Hall–Kier alpha value is -3.26. The summed E-state index contributed by atoms with van der Waals surface area (Å²) in [6.45, 7) is -0.105. The molecule has 0 saturated carbocycles. The van der Waals surface area contributed by atoms with Gasteiger partial charge in [-0.1, -0.05) is 6.07 Å². The minimum absolute atomic E-state index is 0.105. The first-order chi connectivity index (χ1) is 13.4. The third kappa shape index (κ3) is 4.01. The molecule has 7 nitrogen and oxygen atoms in total. The monoisotopic (exact) mass is 491 g/mol. The van der Waals surface area contributed by atoms with Crippen LogP contribution in [0.2, 0.25) is 0 Å². The van der Waals surface area contributed by atoms with Crippen LogP contribution in [-0.4, -0.2) is 24.5 Å². The zero-order valence-corrected chi connectivity index (χ0v) is 16.3. The number of nitrogens with zero attached hydrogens (tertiary/aromatic N) is 2. The maximum Gasteiger partial charge on any atom is 0.335 e. The van der Waals surface area contributed by atoms with E-state index in [4.69, 9.17) is 10.00 Å². The molecule has 1 saturated heterocycles. The van der Waals surface area contributed by atoms with E-state index in [0.717, 1.165) is 17.0 Å². The number of urea groups is 1. The van der Waals surface area contributed by atoms with Gasteiger partial charge in [-0.3, -0.25) is 14.9 Å². The molecule has 9 heteroatoms. The Morgan fingerprint density at radius 1 is 1.18 bits per heavy atom. The van der Waals surface area contributed by atoms with E-state index in [1.165, 1.54) is 18.2 Å². The molecule has 0 bridgehead atoms. The van der Waals surface area contributed by atoms with Crippen LogP contribution in [-0.2, 0) is 9.59 Å². The second-order valence-corrected chi connectivity index (χ2v) is 6.73. The van der Waals surface area contributed by atoms with E-state index in [9.17, 15) is 18.8 Å². The quantitative estimate of drug-likeness (QED) is 0.403. The highest BCUT2D eigenvalue weighted by molar-refractivity contribution is 14.1. The summed E-state index contributed by atoms with van der Waals surface area (Å²) in [6, 6.07) is 10.6. The molecular formula is C19H11FIN3O4. The number of halogens is 2. The molecule has 2 aromatic rings. The first kappa shape index (κ1) is 19.5. The van der Waals surface area contributed by atoms with Gasteiger partial charge in [-0.05, 0) is 70.6 Å². The fraction of sp³-hybridized carbons (Fsp3) is 0.0526. The SMILES string of the molecule is N#CCOc1ccc(/C=C2\C(=O)NC(=O)N(c3ccc(F)cc3)C2=O)cc1I. The van der Waals surface area contributed by atoms with Gasteiger partial charge in [0.15, 0.2) is 6.61 Å². The third-order valence-electron chi connectivity index (χ3n) is 3.75. The molecule has 1 aliphatic rings. The summed E-state index contributed by atoms with van der Waals surface area (Å²) < 4.78 is 19.1. The fourth-order valence-electron chi connectivity index (χ4n) is 2.48. The molecule has 0 radical (unpaired) electrons. The summed E-state index contributed by atoms with van der Waals surface area (Å²) in [7, 11) is 0. The average molecular weight is 491 g/mol.